The number of carboxylic acids is 1. The van der Waals surface area contributed by atoms with Crippen LogP contribution in [0.2, 0.25) is 5.02 Å². The lowest BCUT2D eigenvalue weighted by Crippen LogP contribution is -2.25. The Hall–Kier alpha value is -2.80. The summed E-state index contributed by atoms with van der Waals surface area (Å²) < 4.78 is 5.44. The van der Waals surface area contributed by atoms with Crippen molar-refractivity contribution in [3.8, 4) is 17.2 Å². The third-order valence-corrected chi connectivity index (χ3v) is 4.92. The Balaban J connectivity index is 2.17. The molecule has 2 N–H and O–H groups in total. The average Bonchev–Trinajstić information content (AvgIpc) is 3.01. The van der Waals surface area contributed by atoms with Gasteiger partial charge in [-0.1, -0.05) is 46.2 Å². The summed E-state index contributed by atoms with van der Waals surface area (Å²) in [6.07, 6.45) is 0.777. The molecule has 0 radical (unpaired) electrons. The van der Waals surface area contributed by atoms with Crippen LogP contribution in [0.5, 0.6) is 11.5 Å². The maximum absolute atomic E-state index is 11.2. The Bertz CT molecular complexity index is 1100. The van der Waals surface area contributed by atoms with Crippen LogP contribution in [0.25, 0.3) is 16.7 Å². The Morgan fingerprint density at radius 1 is 1.10 bits per heavy atom. The van der Waals surface area contributed by atoms with Crippen molar-refractivity contribution < 1.29 is 19.7 Å². The lowest BCUT2D eigenvalue weighted by Gasteiger charge is -2.34. The van der Waals surface area contributed by atoms with Gasteiger partial charge in [-0.3, -0.25) is 0 Å². The van der Waals surface area contributed by atoms with Crippen LogP contribution in [0, 0.1) is 5.41 Å². The van der Waals surface area contributed by atoms with Crippen LogP contribution in [0.3, 0.4) is 0 Å². The van der Waals surface area contributed by atoms with Gasteiger partial charge in [0.2, 0.25) is 0 Å². The zero-order chi connectivity index (χ0) is 22.3. The molecular weight excluding hydrogens is 406 g/mol. The van der Waals surface area contributed by atoms with Crippen LogP contribution < -0.4 is 4.74 Å². The molecule has 0 bridgehead atoms. The third-order valence-electron chi connectivity index (χ3n) is 4.68. The highest BCUT2D eigenvalue weighted by Gasteiger charge is 2.32. The van der Waals surface area contributed by atoms with Crippen molar-refractivity contribution >= 4 is 28.6 Å². The van der Waals surface area contributed by atoms with Crippen molar-refractivity contribution in [2.24, 2.45) is 5.41 Å². The smallest absolute Gasteiger partial charge is 0.341 e. The molecule has 0 aliphatic carbocycles. The second kappa shape index (κ2) is 7.80. The van der Waals surface area contributed by atoms with E-state index < -0.39 is 18.0 Å². The summed E-state index contributed by atoms with van der Waals surface area (Å²) in [5, 5.41) is 29.6. The van der Waals surface area contributed by atoms with Crippen LogP contribution >= 0.6 is 11.6 Å². The highest BCUT2D eigenvalue weighted by molar-refractivity contribution is 6.31. The molecule has 0 saturated heterocycles. The number of aromatic hydroxyl groups is 1. The Kier molecular flexibility index (Phi) is 5.69. The van der Waals surface area contributed by atoms with Crippen molar-refractivity contribution in [3.05, 3.63) is 40.9 Å². The van der Waals surface area contributed by atoms with Gasteiger partial charge < -0.3 is 14.9 Å². The SMILES string of the molecule is CC(C)(C)CC(C)(C)c1cc(OCC(=O)O)cc(-n2nc3ccc(Cl)cc3n2)c1O. The summed E-state index contributed by atoms with van der Waals surface area (Å²) in [6.45, 7) is 9.96. The molecule has 0 aliphatic heterocycles. The van der Waals surface area contributed by atoms with Crippen molar-refractivity contribution in [2.45, 2.75) is 46.5 Å². The third kappa shape index (κ3) is 4.84. The topological polar surface area (TPSA) is 97.5 Å². The van der Waals surface area contributed by atoms with E-state index in [1.165, 1.54) is 10.9 Å². The molecule has 1 heterocycles. The van der Waals surface area contributed by atoms with Gasteiger partial charge in [-0.15, -0.1) is 15.0 Å². The summed E-state index contributed by atoms with van der Waals surface area (Å²) in [5.41, 5.74) is 1.72. The highest BCUT2D eigenvalue weighted by atomic mass is 35.5. The number of phenols is 1. The molecule has 0 aliphatic rings. The fourth-order valence-corrected chi connectivity index (χ4v) is 4.07. The number of hydrogen-bond donors (Lipinski definition) is 2. The lowest BCUT2D eigenvalue weighted by molar-refractivity contribution is -0.139. The van der Waals surface area contributed by atoms with Gasteiger partial charge in [0, 0.05) is 16.7 Å². The van der Waals surface area contributed by atoms with Gasteiger partial charge in [0.25, 0.3) is 0 Å². The number of ether oxygens (including phenoxy) is 1. The normalized spacial score (nSPS) is 12.3. The number of benzene rings is 2. The zero-order valence-electron chi connectivity index (χ0n) is 17.7. The molecule has 0 saturated carbocycles. The van der Waals surface area contributed by atoms with Crippen LogP contribution in [0.1, 0.15) is 46.6 Å². The molecule has 30 heavy (non-hydrogen) atoms. The van der Waals surface area contributed by atoms with E-state index in [-0.39, 0.29) is 11.2 Å². The van der Waals surface area contributed by atoms with Crippen LogP contribution in [0.15, 0.2) is 30.3 Å². The maximum Gasteiger partial charge on any atom is 0.341 e. The molecule has 0 atom stereocenters. The predicted molar refractivity (Wildman–Crippen MR) is 116 cm³/mol. The number of aliphatic carboxylic acids is 1. The molecule has 0 amide bonds. The fraction of sp³-hybridized carbons (Fsp3) is 0.409. The molecule has 8 heteroatoms. The second-order valence-electron chi connectivity index (χ2n) is 9.26. The average molecular weight is 432 g/mol. The number of nitrogens with zero attached hydrogens (tertiary/aromatic N) is 3. The monoisotopic (exact) mass is 431 g/mol. The van der Waals surface area contributed by atoms with Gasteiger partial charge in [0.15, 0.2) is 6.61 Å². The van der Waals surface area contributed by atoms with Gasteiger partial charge in [0.1, 0.15) is 28.2 Å². The summed E-state index contributed by atoms with van der Waals surface area (Å²) in [7, 11) is 0. The van der Waals surface area contributed by atoms with E-state index in [2.05, 4.69) is 31.0 Å². The first kappa shape index (κ1) is 21.9. The number of aromatic nitrogens is 3. The van der Waals surface area contributed by atoms with E-state index in [1.807, 2.05) is 13.8 Å². The minimum atomic E-state index is -1.09. The number of halogens is 1. The van der Waals surface area contributed by atoms with E-state index >= 15 is 0 Å². The number of rotatable bonds is 6. The number of hydrogen-bond acceptors (Lipinski definition) is 5. The number of fused-ring (bicyclic) bond motifs is 1. The van der Waals surface area contributed by atoms with Crippen LogP contribution in [-0.2, 0) is 10.2 Å². The van der Waals surface area contributed by atoms with Crippen molar-refractivity contribution in [3.63, 3.8) is 0 Å². The minimum absolute atomic E-state index is 0.00338. The van der Waals surface area contributed by atoms with E-state index in [0.29, 0.717) is 33.1 Å². The molecule has 0 fully saturated rings. The second-order valence-corrected chi connectivity index (χ2v) is 9.70. The largest absolute Gasteiger partial charge is 0.505 e. The van der Waals surface area contributed by atoms with E-state index in [1.54, 1.807) is 24.3 Å². The van der Waals surface area contributed by atoms with Crippen molar-refractivity contribution in [2.75, 3.05) is 6.61 Å². The molecule has 0 unspecified atom stereocenters. The predicted octanol–water partition coefficient (Wildman–Crippen LogP) is 4.96. The highest BCUT2D eigenvalue weighted by Crippen LogP contribution is 2.44. The lowest BCUT2D eigenvalue weighted by atomic mass is 9.72. The number of phenolic OH excluding ortho intramolecular Hbond substituents is 1. The Morgan fingerprint density at radius 3 is 2.40 bits per heavy atom. The molecular formula is C22H26ClN3O4. The van der Waals surface area contributed by atoms with Crippen molar-refractivity contribution in [1.82, 2.24) is 15.0 Å². The summed E-state index contributed by atoms with van der Waals surface area (Å²) in [4.78, 5) is 12.3. The van der Waals surface area contributed by atoms with E-state index in [0.717, 1.165) is 6.42 Å². The van der Waals surface area contributed by atoms with E-state index in [4.69, 9.17) is 21.4 Å². The van der Waals surface area contributed by atoms with Gasteiger partial charge >= 0.3 is 5.97 Å². The molecule has 1 aromatic heterocycles. The molecule has 7 nitrogen and oxygen atoms in total. The number of carbonyl (C=O) groups is 1. The summed E-state index contributed by atoms with van der Waals surface area (Å²) in [6, 6.07) is 8.37. The molecule has 2 aromatic carbocycles. The minimum Gasteiger partial charge on any atom is -0.505 e. The standard InChI is InChI=1S/C22H26ClN3O4/c1-21(2,3)12-22(4,5)15-9-14(30-11-19(27)28)10-18(20(15)29)26-24-16-7-6-13(23)8-17(16)25-26/h6-10,29H,11-12H2,1-5H3,(H,27,28). The van der Waals surface area contributed by atoms with Gasteiger partial charge in [0.05, 0.1) is 0 Å². The Morgan fingerprint density at radius 2 is 1.77 bits per heavy atom. The van der Waals surface area contributed by atoms with Crippen LogP contribution in [0.4, 0.5) is 0 Å². The van der Waals surface area contributed by atoms with Crippen molar-refractivity contribution in [1.29, 1.82) is 0 Å². The Labute approximate surface area is 180 Å². The quantitative estimate of drug-likeness (QED) is 0.572. The zero-order valence-corrected chi connectivity index (χ0v) is 18.5. The maximum atomic E-state index is 11.2. The molecule has 160 valence electrons. The first-order valence-corrected chi connectivity index (χ1v) is 9.99. The molecule has 0 spiro atoms. The summed E-state index contributed by atoms with van der Waals surface area (Å²) in [5.74, 6) is -0.738. The molecule has 3 aromatic rings. The van der Waals surface area contributed by atoms with Gasteiger partial charge in [-0.2, -0.15) is 0 Å². The summed E-state index contributed by atoms with van der Waals surface area (Å²) >= 11 is 6.05. The first-order valence-electron chi connectivity index (χ1n) is 9.61. The van der Waals surface area contributed by atoms with Gasteiger partial charge in [-0.25, -0.2) is 4.79 Å². The van der Waals surface area contributed by atoms with Gasteiger partial charge in [-0.05, 0) is 41.5 Å². The first-order chi connectivity index (χ1) is 13.9. The van der Waals surface area contributed by atoms with Crippen LogP contribution in [-0.4, -0.2) is 37.8 Å². The molecule has 3 rings (SSSR count). The van der Waals surface area contributed by atoms with E-state index in [9.17, 15) is 9.90 Å². The fourth-order valence-electron chi connectivity index (χ4n) is 3.91. The number of carboxylic acid groups (broad SMARTS) is 1.